The van der Waals surface area contributed by atoms with Gasteiger partial charge < -0.3 is 4.90 Å². The van der Waals surface area contributed by atoms with E-state index in [0.717, 1.165) is 78.5 Å². The maximum atomic E-state index is 9.94. The van der Waals surface area contributed by atoms with Gasteiger partial charge in [0, 0.05) is 12.3 Å². The highest BCUT2D eigenvalue weighted by atomic mass is 15.3. The lowest BCUT2D eigenvalue weighted by Gasteiger charge is -2.33. The van der Waals surface area contributed by atoms with Crippen LogP contribution in [0.3, 0.4) is 0 Å². The van der Waals surface area contributed by atoms with Gasteiger partial charge in [-0.15, -0.1) is 0 Å². The van der Waals surface area contributed by atoms with Gasteiger partial charge in [-0.25, -0.2) is 4.98 Å². The molecule has 1 aromatic carbocycles. The first-order valence-electron chi connectivity index (χ1n) is 11.0. The van der Waals surface area contributed by atoms with Gasteiger partial charge in [-0.1, -0.05) is 25.5 Å². The average Bonchev–Trinajstić information content (AvgIpc) is 3.18. The monoisotopic (exact) mass is 411 g/mol. The Bertz CT molecular complexity index is 1290. The largest absolute Gasteiger partial charge is 0.350 e. The first-order valence-corrected chi connectivity index (χ1v) is 11.0. The normalized spacial score (nSPS) is 14.4. The number of benzene rings is 1. The number of aromatic amines is 1. The van der Waals surface area contributed by atoms with E-state index in [2.05, 4.69) is 74.4 Å². The van der Waals surface area contributed by atoms with Crippen LogP contribution in [0.1, 0.15) is 30.0 Å². The van der Waals surface area contributed by atoms with Crippen LogP contribution in [0.4, 0.5) is 11.6 Å². The van der Waals surface area contributed by atoms with Crippen molar-refractivity contribution in [1.29, 1.82) is 5.26 Å². The highest BCUT2D eigenvalue weighted by Crippen LogP contribution is 2.25. The van der Waals surface area contributed by atoms with Crippen molar-refractivity contribution >= 4 is 28.3 Å². The van der Waals surface area contributed by atoms with Gasteiger partial charge in [-0.3, -0.25) is 9.88 Å². The van der Waals surface area contributed by atoms with Gasteiger partial charge in [0.1, 0.15) is 28.5 Å². The first kappa shape index (κ1) is 19.4. The molecule has 6 heteroatoms. The van der Waals surface area contributed by atoms with Crippen LogP contribution in [-0.2, 0) is 6.42 Å². The third-order valence-electron chi connectivity index (χ3n) is 6.17. The lowest BCUT2D eigenvalue weighted by molar-refractivity contribution is -0.467. The van der Waals surface area contributed by atoms with Gasteiger partial charge in [-0.05, 0) is 48.7 Å². The summed E-state index contributed by atoms with van der Waals surface area (Å²) in [6.45, 7) is 7.94. The summed E-state index contributed by atoms with van der Waals surface area (Å²) in [7, 11) is 0. The topological polar surface area (TPSA) is 63.0 Å². The van der Waals surface area contributed by atoms with E-state index in [0.29, 0.717) is 0 Å². The maximum Gasteiger partial charge on any atom is 0.250 e. The molecule has 0 bridgehead atoms. The predicted molar refractivity (Wildman–Crippen MR) is 124 cm³/mol. The number of aryl methyl sites for hydroxylation is 2. The van der Waals surface area contributed by atoms with Crippen LogP contribution in [0.5, 0.6) is 0 Å². The number of hydrogen-bond acceptors (Lipinski definition) is 4. The van der Waals surface area contributed by atoms with E-state index in [1.807, 2.05) is 18.3 Å². The number of para-hydroxylation sites is 2. The third-order valence-corrected chi connectivity index (χ3v) is 6.17. The lowest BCUT2D eigenvalue weighted by Crippen LogP contribution is -2.49. The number of aromatic nitrogens is 3. The number of anilines is 2. The molecule has 0 amide bonds. The van der Waals surface area contributed by atoms with E-state index >= 15 is 0 Å². The number of nitriles is 1. The Morgan fingerprint density at radius 1 is 1.10 bits per heavy atom. The molecular formula is C25H27N6+. The van der Waals surface area contributed by atoms with E-state index in [1.54, 1.807) is 0 Å². The van der Waals surface area contributed by atoms with Crippen molar-refractivity contribution in [2.24, 2.45) is 0 Å². The summed E-state index contributed by atoms with van der Waals surface area (Å²) >= 11 is 0. The fourth-order valence-electron chi connectivity index (χ4n) is 4.62. The first-order chi connectivity index (χ1) is 15.2. The molecule has 0 aliphatic carbocycles. The number of fused-ring (bicyclic) bond motifs is 3. The average molecular weight is 412 g/mol. The second-order valence-electron chi connectivity index (χ2n) is 8.26. The number of H-pyrrole nitrogens is 1. The SMILES string of the molecule is CCCc1cc(N2CCN(c3cc(C)ccn3)CC2)[n+]2c([nH]c3ccccc32)c1C#N. The number of imidazole rings is 1. The van der Waals surface area contributed by atoms with Gasteiger partial charge in [0.25, 0.3) is 0 Å². The molecule has 31 heavy (non-hydrogen) atoms. The molecular weight excluding hydrogens is 384 g/mol. The standard InChI is InChI=1S/C25H26N6/c1-3-6-19-16-24(30-13-11-29(12-14-30)23-15-18(2)9-10-27-23)31-22-8-5-4-7-21(22)28-25(31)20(19)17-26/h4-5,7-10,15-16H,3,6,11-14H2,1-2H3/p+1. The van der Waals surface area contributed by atoms with Gasteiger partial charge in [-0.2, -0.15) is 9.66 Å². The van der Waals surface area contributed by atoms with Gasteiger partial charge >= 0.3 is 0 Å². The van der Waals surface area contributed by atoms with Crippen LogP contribution in [-0.4, -0.2) is 36.1 Å². The summed E-state index contributed by atoms with van der Waals surface area (Å²) in [5.41, 5.74) is 6.16. The van der Waals surface area contributed by atoms with Crippen molar-refractivity contribution in [3.8, 4) is 6.07 Å². The molecule has 1 saturated heterocycles. The molecule has 0 spiro atoms. The number of hydrogen-bond donors (Lipinski definition) is 1. The van der Waals surface area contributed by atoms with Crippen molar-refractivity contribution in [3.05, 3.63) is 65.4 Å². The number of piperazine rings is 1. The van der Waals surface area contributed by atoms with Gasteiger partial charge in [0.05, 0.1) is 26.2 Å². The summed E-state index contributed by atoms with van der Waals surface area (Å²) in [5, 5.41) is 9.94. The summed E-state index contributed by atoms with van der Waals surface area (Å²) < 4.78 is 2.23. The van der Waals surface area contributed by atoms with Crippen LogP contribution in [0.15, 0.2) is 48.7 Å². The number of nitrogens with one attached hydrogen (secondary N) is 1. The number of nitrogens with zero attached hydrogens (tertiary/aromatic N) is 5. The van der Waals surface area contributed by atoms with E-state index in [1.165, 1.54) is 5.56 Å². The molecule has 156 valence electrons. The minimum atomic E-state index is 0.754. The zero-order valence-electron chi connectivity index (χ0n) is 18.1. The second kappa shape index (κ2) is 7.92. The Hall–Kier alpha value is -3.59. The van der Waals surface area contributed by atoms with Crippen LogP contribution >= 0.6 is 0 Å². The Morgan fingerprint density at radius 2 is 1.87 bits per heavy atom. The molecule has 0 saturated carbocycles. The van der Waals surface area contributed by atoms with E-state index in [4.69, 9.17) is 0 Å². The smallest absolute Gasteiger partial charge is 0.250 e. The van der Waals surface area contributed by atoms with Crippen molar-refractivity contribution in [3.63, 3.8) is 0 Å². The van der Waals surface area contributed by atoms with E-state index in [9.17, 15) is 5.26 Å². The fourth-order valence-corrected chi connectivity index (χ4v) is 4.62. The summed E-state index contributed by atoms with van der Waals surface area (Å²) in [4.78, 5) is 12.9. The summed E-state index contributed by atoms with van der Waals surface area (Å²) in [6, 6.07) is 17.2. The highest BCUT2D eigenvalue weighted by molar-refractivity contribution is 5.77. The second-order valence-corrected chi connectivity index (χ2v) is 8.26. The molecule has 0 radical (unpaired) electrons. The lowest BCUT2D eigenvalue weighted by atomic mass is 10.0. The predicted octanol–water partition coefficient (Wildman–Crippen LogP) is 3.76. The Kier molecular flexibility index (Phi) is 4.95. The third kappa shape index (κ3) is 3.36. The van der Waals surface area contributed by atoms with Crippen LogP contribution in [0.25, 0.3) is 16.7 Å². The van der Waals surface area contributed by atoms with Crippen molar-refractivity contribution in [2.75, 3.05) is 36.0 Å². The van der Waals surface area contributed by atoms with E-state index < -0.39 is 0 Å². The molecule has 1 aliphatic heterocycles. The van der Waals surface area contributed by atoms with Crippen LogP contribution in [0.2, 0.25) is 0 Å². The van der Waals surface area contributed by atoms with Crippen LogP contribution < -0.4 is 14.2 Å². The Labute approximate surface area is 182 Å². The van der Waals surface area contributed by atoms with Gasteiger partial charge in [0.15, 0.2) is 0 Å². The molecule has 4 heterocycles. The molecule has 1 N–H and O–H groups in total. The van der Waals surface area contributed by atoms with Crippen molar-refractivity contribution in [1.82, 2.24) is 9.97 Å². The molecule has 3 aromatic heterocycles. The summed E-state index contributed by atoms with van der Waals surface area (Å²) in [5.74, 6) is 2.21. The Morgan fingerprint density at radius 3 is 2.61 bits per heavy atom. The van der Waals surface area contributed by atoms with Gasteiger partial charge in [0.2, 0.25) is 11.5 Å². The minimum absolute atomic E-state index is 0.754. The van der Waals surface area contributed by atoms with Crippen molar-refractivity contribution < 1.29 is 4.40 Å². The quantitative estimate of drug-likeness (QED) is 0.520. The molecule has 4 aromatic rings. The minimum Gasteiger partial charge on any atom is -0.350 e. The van der Waals surface area contributed by atoms with Crippen molar-refractivity contribution in [2.45, 2.75) is 26.7 Å². The maximum absolute atomic E-state index is 9.94. The number of rotatable bonds is 4. The molecule has 1 fully saturated rings. The summed E-state index contributed by atoms with van der Waals surface area (Å²) in [6.07, 6.45) is 3.80. The molecule has 1 aliphatic rings. The van der Waals surface area contributed by atoms with Crippen LogP contribution in [0, 0.1) is 18.3 Å². The zero-order valence-corrected chi connectivity index (χ0v) is 18.1. The molecule has 0 unspecified atom stereocenters. The Balaban J connectivity index is 1.57. The fraction of sp³-hybridized carbons (Fsp3) is 0.320. The molecule has 5 rings (SSSR count). The molecule has 6 nitrogen and oxygen atoms in total. The highest BCUT2D eigenvalue weighted by Gasteiger charge is 2.28. The molecule has 0 atom stereocenters. The zero-order chi connectivity index (χ0) is 21.4. The number of pyridine rings is 2. The van der Waals surface area contributed by atoms with E-state index in [-0.39, 0.29) is 0 Å².